The SMILES string of the molecule is COCCOCC(=O)O.COCCOCC(=O)O.O.O=C(O)CCCCCN1C(=O)C=CC1=O.O=C(O)CCCCCN1C(=O)C=CC1=O.[Cl][Pt+2][Cl].[Cl][Pt+2][Cl].[NH2-].[NH2-].[NH2-].[NH2-]. The van der Waals surface area contributed by atoms with E-state index in [2.05, 4.69) is 18.9 Å². The van der Waals surface area contributed by atoms with E-state index in [4.69, 9.17) is 58.1 Å². The van der Waals surface area contributed by atoms with Crippen molar-refractivity contribution in [2.75, 3.05) is 67.0 Å². The molecule has 0 fully saturated rings. The molecule has 0 aromatic rings. The molecule has 0 bridgehead atoms. The van der Waals surface area contributed by atoms with Crippen molar-refractivity contribution in [1.82, 2.24) is 9.80 Å². The van der Waals surface area contributed by atoms with Gasteiger partial charge in [-0.3, -0.25) is 38.6 Å². The zero-order chi connectivity index (χ0) is 42.2. The Bertz CT molecular complexity index is 1050. The number of unbranched alkanes of at least 4 members (excludes halogenated alkanes) is 4. The second-order valence-corrected chi connectivity index (χ2v) is 16.3. The molecule has 2 heterocycles. The normalized spacial score (nSPS) is 11.3. The van der Waals surface area contributed by atoms with Crippen LogP contribution in [0.25, 0.3) is 24.6 Å². The van der Waals surface area contributed by atoms with Gasteiger partial charge in [0, 0.05) is 64.5 Å². The molecule has 29 heteroatoms. The molecule has 0 aromatic carbocycles. The van der Waals surface area contributed by atoms with Crippen LogP contribution in [0, 0.1) is 0 Å². The van der Waals surface area contributed by atoms with Crippen molar-refractivity contribution in [1.29, 1.82) is 0 Å². The van der Waals surface area contributed by atoms with Crippen molar-refractivity contribution >= 4 is 85.2 Å². The quantitative estimate of drug-likeness (QED) is 0.0781. The molecule has 2 aliphatic heterocycles. The van der Waals surface area contributed by atoms with Crippen LogP contribution in [0.15, 0.2) is 24.3 Å². The largest absolute Gasteiger partial charge is 0.693 e. The molecular formula is C30H56Cl4N6O17Pt2. The molecule has 23 nitrogen and oxygen atoms in total. The summed E-state index contributed by atoms with van der Waals surface area (Å²) < 4.78 is 18.4. The first-order chi connectivity index (χ1) is 25.6. The molecule has 2 aliphatic rings. The molecule has 59 heavy (non-hydrogen) atoms. The van der Waals surface area contributed by atoms with Crippen molar-refractivity contribution in [3.8, 4) is 0 Å². The first-order valence-electron chi connectivity index (χ1n) is 15.3. The number of ether oxygens (including phenoxy) is 4. The number of carboxylic acids is 4. The smallest absolute Gasteiger partial charge is 0.693 e. The molecule has 0 aliphatic carbocycles. The van der Waals surface area contributed by atoms with E-state index in [1.54, 1.807) is 0 Å². The van der Waals surface area contributed by atoms with Gasteiger partial charge in [-0.15, -0.1) is 0 Å². The number of amides is 4. The van der Waals surface area contributed by atoms with Gasteiger partial charge >= 0.3 is 94.5 Å². The molecule has 2 rings (SSSR count). The van der Waals surface area contributed by atoms with Crippen LogP contribution >= 0.6 is 37.7 Å². The average Bonchev–Trinajstić information content (AvgIpc) is 3.60. The molecule has 0 spiro atoms. The fourth-order valence-electron chi connectivity index (χ4n) is 3.35. The van der Waals surface area contributed by atoms with Crippen molar-refractivity contribution in [3.63, 3.8) is 0 Å². The minimum atomic E-state index is -0.953. The summed E-state index contributed by atoms with van der Waals surface area (Å²) in [4.78, 5) is 86.6. The van der Waals surface area contributed by atoms with Crippen LogP contribution in [0.4, 0.5) is 0 Å². The minimum absolute atomic E-state index is 0. The number of carboxylic acid groups (broad SMARTS) is 4. The number of nitrogens with two attached hydrogens (primary N) is 4. The predicted molar refractivity (Wildman–Crippen MR) is 213 cm³/mol. The van der Waals surface area contributed by atoms with E-state index >= 15 is 0 Å². The van der Waals surface area contributed by atoms with Crippen LogP contribution < -0.4 is 0 Å². The maximum absolute atomic E-state index is 11.1. The maximum Gasteiger partial charge on any atom is -0.693 e. The third kappa shape index (κ3) is 60.2. The summed E-state index contributed by atoms with van der Waals surface area (Å²) in [6, 6.07) is 0. The fourth-order valence-corrected chi connectivity index (χ4v) is 3.35. The number of imide groups is 2. The van der Waals surface area contributed by atoms with Gasteiger partial charge in [0.1, 0.15) is 13.2 Å². The first-order valence-corrected chi connectivity index (χ1v) is 26.6. The molecule has 0 saturated heterocycles. The van der Waals surface area contributed by atoms with Gasteiger partial charge in [-0.05, 0) is 25.7 Å². The summed E-state index contributed by atoms with van der Waals surface area (Å²) in [7, 11) is 22.6. The summed E-state index contributed by atoms with van der Waals surface area (Å²) in [5.41, 5.74) is 0. The monoisotopic (exact) mass is 1300 g/mol. The summed E-state index contributed by atoms with van der Waals surface area (Å²) >= 11 is -0.944. The van der Waals surface area contributed by atoms with Gasteiger partial charge in [-0.25, -0.2) is 9.59 Å². The van der Waals surface area contributed by atoms with Gasteiger partial charge in [0.15, 0.2) is 0 Å². The Labute approximate surface area is 376 Å². The van der Waals surface area contributed by atoms with Crippen molar-refractivity contribution in [2.24, 2.45) is 0 Å². The second-order valence-electron chi connectivity index (χ2n) is 9.70. The Morgan fingerprint density at radius 2 is 0.763 bits per heavy atom. The average molecular weight is 1300 g/mol. The van der Waals surface area contributed by atoms with Crippen LogP contribution in [-0.2, 0) is 90.3 Å². The van der Waals surface area contributed by atoms with E-state index in [1.807, 2.05) is 0 Å². The number of halogens is 4. The molecule has 0 radical (unpaired) electrons. The van der Waals surface area contributed by atoms with Gasteiger partial charge in [-0.2, -0.15) is 0 Å². The van der Waals surface area contributed by atoms with E-state index in [1.165, 1.54) is 48.3 Å². The molecular weight excluding hydrogens is 1250 g/mol. The Hall–Kier alpha value is -2.18. The molecule has 356 valence electrons. The molecule has 0 atom stereocenters. The zero-order valence-corrected chi connectivity index (χ0v) is 39.7. The first kappa shape index (κ1) is 77.4. The van der Waals surface area contributed by atoms with Crippen LogP contribution in [-0.4, -0.2) is 150 Å². The van der Waals surface area contributed by atoms with Gasteiger partial charge < -0.3 is 69.5 Å². The number of hydrogen-bond acceptors (Lipinski definition) is 12. The van der Waals surface area contributed by atoms with E-state index in [-0.39, 0.29) is 79.8 Å². The van der Waals surface area contributed by atoms with E-state index in [0.717, 1.165) is 0 Å². The Morgan fingerprint density at radius 3 is 0.966 bits per heavy atom. The summed E-state index contributed by atoms with van der Waals surface area (Å²) in [5.74, 6) is -4.65. The predicted octanol–water partition coefficient (Wildman–Crippen LogP) is 5.38. The number of methoxy groups -OCH3 is 2. The van der Waals surface area contributed by atoms with Gasteiger partial charge in [0.25, 0.3) is 23.6 Å². The number of rotatable bonds is 22. The zero-order valence-electron chi connectivity index (χ0n) is 32.2. The molecule has 4 amide bonds. The minimum Gasteiger partial charge on any atom is -0.693 e. The van der Waals surface area contributed by atoms with E-state index in [9.17, 15) is 38.4 Å². The van der Waals surface area contributed by atoms with Gasteiger partial charge in [0.05, 0.1) is 26.4 Å². The summed E-state index contributed by atoms with van der Waals surface area (Å²) in [6.45, 7) is 1.81. The molecule has 14 N–H and O–H groups in total. The summed E-state index contributed by atoms with van der Waals surface area (Å²) in [6.07, 6.45) is 9.18. The molecule has 0 aromatic heterocycles. The standard InChI is InChI=1S/2C10H13NO4.2C5H10O4.4ClH.4H2N.H2O.2Pt/c2*12-8-5-6-9(13)11(8)7-3-1-2-4-10(14)15;2*1-8-2-3-9-4-5(6)7;;;;;;;;;;;/h2*5-6H,1-4,7H2,(H,14,15);2*2-4H2,1H3,(H,6,7);4*1H;5*1H2;;/q;;;;;;;;4*-1;;2*+4/p-4. The van der Waals surface area contributed by atoms with E-state index < -0.39 is 56.8 Å². The number of carbonyl (C=O) groups is 8. The van der Waals surface area contributed by atoms with Crippen LogP contribution in [0.1, 0.15) is 51.4 Å². The van der Waals surface area contributed by atoms with Gasteiger partial charge in [-0.1, -0.05) is 12.8 Å². The number of aliphatic carboxylic acids is 4. The van der Waals surface area contributed by atoms with Crippen molar-refractivity contribution < 1.29 is 116 Å². The number of nitrogens with zero attached hydrogens (tertiary/aromatic N) is 2. The Morgan fingerprint density at radius 1 is 0.508 bits per heavy atom. The number of carbonyl (C=O) groups excluding carboxylic acids is 4. The van der Waals surface area contributed by atoms with Crippen molar-refractivity contribution in [3.05, 3.63) is 48.9 Å². The number of hydrogen-bond donors (Lipinski definition) is 4. The maximum atomic E-state index is 11.1. The summed E-state index contributed by atoms with van der Waals surface area (Å²) in [5, 5.41) is 32.9. The molecule has 0 saturated carbocycles. The van der Waals surface area contributed by atoms with Crippen LogP contribution in [0.2, 0.25) is 0 Å². The second kappa shape index (κ2) is 57.9. The third-order valence-corrected chi connectivity index (χ3v) is 5.66. The van der Waals surface area contributed by atoms with Crippen LogP contribution in [0.5, 0.6) is 0 Å². The third-order valence-electron chi connectivity index (χ3n) is 5.66. The molecule has 0 unspecified atom stereocenters. The van der Waals surface area contributed by atoms with E-state index in [0.29, 0.717) is 78.0 Å². The Balaban J connectivity index is -0.0000000767. The van der Waals surface area contributed by atoms with Crippen LogP contribution in [0.3, 0.4) is 0 Å². The Kier molecular flexibility index (Phi) is 76.0. The van der Waals surface area contributed by atoms with Gasteiger partial charge in [0.2, 0.25) is 0 Å². The topological polar surface area (TPSA) is 426 Å². The van der Waals surface area contributed by atoms with Crippen molar-refractivity contribution in [2.45, 2.75) is 51.4 Å². The fraction of sp³-hybridized carbons (Fsp3) is 0.600.